The molecule has 18 heavy (non-hydrogen) atoms. The average molecular weight is 268 g/mol. The second kappa shape index (κ2) is 6.26. The molecule has 0 bridgehead atoms. The molecule has 1 atom stereocenters. The summed E-state index contributed by atoms with van der Waals surface area (Å²) < 4.78 is 0. The van der Waals surface area contributed by atoms with Crippen LogP contribution in [0.25, 0.3) is 0 Å². The molecule has 5 nitrogen and oxygen atoms in total. The van der Waals surface area contributed by atoms with Gasteiger partial charge < -0.3 is 16.0 Å². The summed E-state index contributed by atoms with van der Waals surface area (Å²) in [5.41, 5.74) is 6.61. The van der Waals surface area contributed by atoms with Gasteiger partial charge in [0.1, 0.15) is 5.01 Å². The average Bonchev–Trinajstić information content (AvgIpc) is 2.64. The molecule has 0 spiro atoms. The van der Waals surface area contributed by atoms with Gasteiger partial charge in [0, 0.05) is 25.0 Å². The van der Waals surface area contributed by atoms with Crippen molar-refractivity contribution in [3.8, 4) is 0 Å². The van der Waals surface area contributed by atoms with Crippen LogP contribution in [-0.2, 0) is 11.2 Å². The Kier molecular flexibility index (Phi) is 4.68. The van der Waals surface area contributed by atoms with E-state index in [4.69, 9.17) is 5.73 Å². The molecule has 2 heterocycles. The van der Waals surface area contributed by atoms with E-state index in [0.29, 0.717) is 6.42 Å². The first-order valence-corrected chi connectivity index (χ1v) is 7.23. The third-order valence-corrected chi connectivity index (χ3v) is 4.08. The van der Waals surface area contributed by atoms with Crippen molar-refractivity contribution in [2.75, 3.05) is 26.2 Å². The molecule has 0 aromatic carbocycles. The van der Waals surface area contributed by atoms with Gasteiger partial charge in [0.25, 0.3) is 0 Å². The fraction of sp³-hybridized carbons (Fsp3) is 0.667. The number of rotatable bonds is 3. The summed E-state index contributed by atoms with van der Waals surface area (Å²) in [4.78, 5) is 18.5. The quantitative estimate of drug-likeness (QED) is 0.839. The minimum atomic E-state index is -0.0544. The number of carbonyl (C=O) groups is 1. The molecule has 0 radical (unpaired) electrons. The van der Waals surface area contributed by atoms with Crippen molar-refractivity contribution in [1.29, 1.82) is 0 Å². The number of aromatic nitrogens is 1. The smallest absolute Gasteiger partial charge is 0.228 e. The van der Waals surface area contributed by atoms with Gasteiger partial charge >= 0.3 is 0 Å². The number of thiazole rings is 1. The molecule has 0 aliphatic carbocycles. The van der Waals surface area contributed by atoms with Crippen LogP contribution >= 0.6 is 11.3 Å². The lowest BCUT2D eigenvalue weighted by molar-refractivity contribution is -0.130. The molecule has 1 fully saturated rings. The molecular weight excluding hydrogens is 248 g/mol. The lowest BCUT2D eigenvalue weighted by atomic mass is 10.3. The van der Waals surface area contributed by atoms with Gasteiger partial charge in [-0.25, -0.2) is 4.98 Å². The molecule has 1 unspecified atom stereocenters. The van der Waals surface area contributed by atoms with Crippen LogP contribution in [0.4, 0.5) is 0 Å². The van der Waals surface area contributed by atoms with Gasteiger partial charge in [-0.1, -0.05) is 0 Å². The predicted octanol–water partition coefficient (Wildman–Crippen LogP) is 0.527. The fourth-order valence-electron chi connectivity index (χ4n) is 1.97. The molecule has 0 saturated carbocycles. The summed E-state index contributed by atoms with van der Waals surface area (Å²) in [5, 5.41) is 6.13. The zero-order valence-corrected chi connectivity index (χ0v) is 11.5. The van der Waals surface area contributed by atoms with Crippen LogP contribution in [0.1, 0.15) is 30.1 Å². The molecule has 1 aromatic heterocycles. The number of nitrogens with zero attached hydrogens (tertiary/aromatic N) is 2. The molecule has 1 saturated heterocycles. The van der Waals surface area contributed by atoms with Crippen molar-refractivity contribution < 1.29 is 4.79 Å². The van der Waals surface area contributed by atoms with E-state index < -0.39 is 0 Å². The van der Waals surface area contributed by atoms with E-state index >= 15 is 0 Å². The normalized spacial score (nSPS) is 18.4. The van der Waals surface area contributed by atoms with E-state index in [-0.39, 0.29) is 11.9 Å². The van der Waals surface area contributed by atoms with Gasteiger partial charge in [-0.3, -0.25) is 4.79 Å². The van der Waals surface area contributed by atoms with Crippen molar-refractivity contribution in [1.82, 2.24) is 15.2 Å². The van der Waals surface area contributed by atoms with E-state index in [1.54, 1.807) is 0 Å². The monoisotopic (exact) mass is 268 g/mol. The molecule has 1 aliphatic heterocycles. The van der Waals surface area contributed by atoms with Crippen molar-refractivity contribution in [3.63, 3.8) is 0 Å². The summed E-state index contributed by atoms with van der Waals surface area (Å²) in [5.74, 6) is 0.167. The minimum absolute atomic E-state index is 0.0544. The number of carbonyl (C=O) groups excluding carboxylic acids is 1. The molecule has 1 aromatic rings. The van der Waals surface area contributed by atoms with Gasteiger partial charge in [-0.15, -0.1) is 11.3 Å². The number of hydrogen-bond acceptors (Lipinski definition) is 5. The Morgan fingerprint density at radius 3 is 3.17 bits per heavy atom. The van der Waals surface area contributed by atoms with E-state index in [1.807, 2.05) is 17.2 Å². The molecular formula is C12H20N4OS. The van der Waals surface area contributed by atoms with Crippen molar-refractivity contribution in [2.24, 2.45) is 5.73 Å². The Morgan fingerprint density at radius 1 is 1.61 bits per heavy atom. The maximum atomic E-state index is 12.1. The number of nitrogens with one attached hydrogen (secondary N) is 1. The van der Waals surface area contributed by atoms with Gasteiger partial charge in [0.15, 0.2) is 0 Å². The maximum Gasteiger partial charge on any atom is 0.228 e. The first-order chi connectivity index (χ1) is 8.66. The summed E-state index contributed by atoms with van der Waals surface area (Å²) in [6.07, 6.45) is 1.41. The minimum Gasteiger partial charge on any atom is -0.341 e. The highest BCUT2D eigenvalue weighted by Gasteiger charge is 2.17. The largest absolute Gasteiger partial charge is 0.341 e. The summed E-state index contributed by atoms with van der Waals surface area (Å²) in [6, 6.07) is -0.0544. The number of nitrogens with two attached hydrogens (primary N) is 1. The second-order valence-corrected chi connectivity index (χ2v) is 5.52. The van der Waals surface area contributed by atoms with Crippen LogP contribution in [0.5, 0.6) is 0 Å². The van der Waals surface area contributed by atoms with Crippen molar-refractivity contribution in [3.05, 3.63) is 16.1 Å². The predicted molar refractivity (Wildman–Crippen MR) is 72.5 cm³/mol. The number of hydrogen-bond donors (Lipinski definition) is 2. The van der Waals surface area contributed by atoms with E-state index in [9.17, 15) is 4.79 Å². The van der Waals surface area contributed by atoms with Crippen LogP contribution in [0.15, 0.2) is 5.38 Å². The van der Waals surface area contributed by atoms with Gasteiger partial charge in [-0.2, -0.15) is 0 Å². The standard InChI is InChI=1S/C12H20N4OS/c1-9(13)12-15-10(8-18-12)7-11(17)16-5-2-3-14-4-6-16/h8-9,14H,2-7,13H2,1H3. The summed E-state index contributed by atoms with van der Waals surface area (Å²) in [7, 11) is 0. The lowest BCUT2D eigenvalue weighted by Gasteiger charge is -2.19. The van der Waals surface area contributed by atoms with Gasteiger partial charge in [0.2, 0.25) is 5.91 Å². The molecule has 1 aliphatic rings. The first-order valence-electron chi connectivity index (χ1n) is 6.35. The van der Waals surface area contributed by atoms with Crippen molar-refractivity contribution >= 4 is 17.2 Å². The Balaban J connectivity index is 1.92. The first kappa shape index (κ1) is 13.5. The highest BCUT2D eigenvalue weighted by Crippen LogP contribution is 2.16. The highest BCUT2D eigenvalue weighted by molar-refractivity contribution is 7.09. The number of amides is 1. The third kappa shape index (κ3) is 3.51. The molecule has 100 valence electrons. The lowest BCUT2D eigenvalue weighted by Crippen LogP contribution is -2.35. The Bertz CT molecular complexity index is 397. The van der Waals surface area contributed by atoms with Crippen LogP contribution in [0.3, 0.4) is 0 Å². The fourth-order valence-corrected chi connectivity index (χ4v) is 2.75. The highest BCUT2D eigenvalue weighted by atomic mass is 32.1. The Labute approximate surface area is 111 Å². The Hall–Kier alpha value is -0.980. The zero-order valence-electron chi connectivity index (χ0n) is 10.7. The van der Waals surface area contributed by atoms with Gasteiger partial charge in [0.05, 0.1) is 18.2 Å². The summed E-state index contributed by atoms with van der Waals surface area (Å²) in [6.45, 7) is 5.42. The van der Waals surface area contributed by atoms with Crippen molar-refractivity contribution in [2.45, 2.75) is 25.8 Å². The molecule has 2 rings (SSSR count). The van der Waals surface area contributed by atoms with Crippen LogP contribution in [0.2, 0.25) is 0 Å². The van der Waals surface area contributed by atoms with Crippen LogP contribution in [0, 0.1) is 0 Å². The van der Waals surface area contributed by atoms with E-state index in [1.165, 1.54) is 11.3 Å². The van der Waals surface area contributed by atoms with Gasteiger partial charge in [-0.05, 0) is 19.9 Å². The molecule has 1 amide bonds. The molecule has 6 heteroatoms. The second-order valence-electron chi connectivity index (χ2n) is 4.63. The van der Waals surface area contributed by atoms with E-state index in [2.05, 4.69) is 10.3 Å². The van der Waals surface area contributed by atoms with Crippen LogP contribution < -0.4 is 11.1 Å². The van der Waals surface area contributed by atoms with E-state index in [0.717, 1.165) is 43.3 Å². The third-order valence-electron chi connectivity index (χ3n) is 2.98. The van der Waals surface area contributed by atoms with Crippen LogP contribution in [-0.4, -0.2) is 42.0 Å². The summed E-state index contributed by atoms with van der Waals surface area (Å²) >= 11 is 1.53. The maximum absolute atomic E-state index is 12.1. The molecule has 3 N–H and O–H groups in total. The topological polar surface area (TPSA) is 71.2 Å². The zero-order chi connectivity index (χ0) is 13.0. The Morgan fingerprint density at radius 2 is 2.44 bits per heavy atom. The SMILES string of the molecule is CC(N)c1nc(CC(=O)N2CCCNCC2)cs1.